The molecule has 1 aliphatic rings. The Morgan fingerprint density at radius 1 is 0.343 bits per heavy atom. The Kier molecular flexibility index (Phi) is 8.18. The Balaban J connectivity index is 1.07. The van der Waals surface area contributed by atoms with Crippen molar-refractivity contribution in [3.05, 3.63) is 253 Å². The van der Waals surface area contributed by atoms with Crippen LogP contribution in [0.5, 0.6) is 0 Å². The summed E-state index contributed by atoms with van der Waals surface area (Å²) < 4.78 is 15.6. The quantitative estimate of drug-likeness (QED) is 0.166. The predicted molar refractivity (Wildman–Crippen MR) is 282 cm³/mol. The van der Waals surface area contributed by atoms with Crippen LogP contribution in [0.2, 0.25) is 0 Å². The fourth-order valence-electron chi connectivity index (χ4n) is 11.5. The van der Waals surface area contributed by atoms with Crippen LogP contribution in [-0.4, -0.2) is 19.5 Å². The highest BCUT2D eigenvalue weighted by molar-refractivity contribution is 6.13. The second-order valence-corrected chi connectivity index (χ2v) is 18.2. The van der Waals surface area contributed by atoms with Crippen molar-refractivity contribution in [2.24, 2.45) is 0 Å². The van der Waals surface area contributed by atoms with Crippen molar-refractivity contribution in [2.75, 3.05) is 0 Å². The van der Waals surface area contributed by atoms with Gasteiger partial charge in [-0.1, -0.05) is 194 Å². The molecule has 0 amide bonds. The second-order valence-electron chi connectivity index (χ2n) is 18.2. The summed E-state index contributed by atoms with van der Waals surface area (Å²) in [6.07, 6.45) is 0. The molecule has 0 radical (unpaired) electrons. The monoisotopic (exact) mass is 894 g/mol. The molecular weight excluding hydrogens is 857 g/mol. The average Bonchev–Trinajstić information content (AvgIpc) is 4.18. The lowest BCUT2D eigenvalue weighted by atomic mass is 9.71. The topological polar surface area (TPSA) is 69.9 Å². The summed E-state index contributed by atoms with van der Waals surface area (Å²) in [5.41, 5.74) is 14.8. The first-order valence-corrected chi connectivity index (χ1v) is 23.7. The number of hydrogen-bond acceptors (Lipinski definition) is 5. The Morgan fingerprint density at radius 2 is 0.929 bits per heavy atom. The van der Waals surface area contributed by atoms with Gasteiger partial charge in [0.25, 0.3) is 0 Å². The van der Waals surface area contributed by atoms with Crippen molar-refractivity contribution in [3.63, 3.8) is 0 Å². The molecule has 0 atom stereocenters. The molecule has 0 saturated carbocycles. The summed E-state index contributed by atoms with van der Waals surface area (Å²) in [4.78, 5) is 17.2. The van der Waals surface area contributed by atoms with Gasteiger partial charge in [0, 0.05) is 43.4 Å². The van der Waals surface area contributed by atoms with E-state index in [1.807, 2.05) is 30.3 Å². The Hall–Kier alpha value is -9.39. The van der Waals surface area contributed by atoms with Gasteiger partial charge in [-0.15, -0.1) is 0 Å². The number of aromatic nitrogens is 4. The minimum atomic E-state index is -1.04. The average molecular weight is 895 g/mol. The van der Waals surface area contributed by atoms with Crippen LogP contribution in [0.4, 0.5) is 0 Å². The second kappa shape index (κ2) is 14.8. The van der Waals surface area contributed by atoms with Gasteiger partial charge >= 0.3 is 0 Å². The van der Waals surface area contributed by atoms with Crippen molar-refractivity contribution in [1.29, 1.82) is 0 Å². The van der Waals surface area contributed by atoms with E-state index in [9.17, 15) is 0 Å². The number of para-hydroxylation sites is 4. The third-order valence-corrected chi connectivity index (χ3v) is 14.5. The van der Waals surface area contributed by atoms with Gasteiger partial charge in [-0.05, 0) is 80.9 Å². The molecule has 15 rings (SSSR count). The molecule has 4 aromatic heterocycles. The van der Waals surface area contributed by atoms with Crippen LogP contribution in [0.15, 0.2) is 239 Å². The zero-order valence-electron chi connectivity index (χ0n) is 37.5. The molecule has 1 aliphatic carbocycles. The van der Waals surface area contributed by atoms with Gasteiger partial charge in [0.05, 0.1) is 11.0 Å². The van der Waals surface area contributed by atoms with Gasteiger partial charge < -0.3 is 8.83 Å². The van der Waals surface area contributed by atoms with Crippen LogP contribution >= 0.6 is 0 Å². The molecule has 0 bridgehead atoms. The van der Waals surface area contributed by atoms with Crippen LogP contribution in [0, 0.1) is 0 Å². The maximum Gasteiger partial charge on any atom is 0.238 e. The molecule has 10 aromatic carbocycles. The molecule has 0 N–H and O–H groups in total. The first-order chi connectivity index (χ1) is 34.7. The summed E-state index contributed by atoms with van der Waals surface area (Å²) >= 11 is 0. The Bertz CT molecular complexity index is 4400. The van der Waals surface area contributed by atoms with E-state index >= 15 is 0 Å². The van der Waals surface area contributed by atoms with E-state index in [4.69, 9.17) is 23.8 Å². The van der Waals surface area contributed by atoms with Crippen LogP contribution < -0.4 is 0 Å². The number of hydrogen-bond donors (Lipinski definition) is 0. The number of fused-ring (bicyclic) bond motifs is 12. The highest BCUT2D eigenvalue weighted by Crippen LogP contribution is 2.57. The molecular formula is C64H38N4O2. The fraction of sp³-hybridized carbons (Fsp3) is 0.0156. The number of rotatable bonds is 6. The number of benzene rings is 10. The van der Waals surface area contributed by atoms with Gasteiger partial charge in [-0.3, -0.25) is 4.57 Å². The summed E-state index contributed by atoms with van der Waals surface area (Å²) in [5, 5.41) is 6.46. The van der Waals surface area contributed by atoms with Gasteiger partial charge in [-0.2, -0.15) is 9.97 Å². The van der Waals surface area contributed by atoms with Crippen LogP contribution in [0.3, 0.4) is 0 Å². The van der Waals surface area contributed by atoms with Crippen LogP contribution in [0.1, 0.15) is 22.5 Å². The van der Waals surface area contributed by atoms with E-state index < -0.39 is 5.41 Å². The predicted octanol–water partition coefficient (Wildman–Crippen LogP) is 16.1. The van der Waals surface area contributed by atoms with E-state index in [-0.39, 0.29) is 0 Å². The molecule has 326 valence electrons. The molecule has 0 aliphatic heterocycles. The van der Waals surface area contributed by atoms with Crippen LogP contribution in [0.25, 0.3) is 116 Å². The third kappa shape index (κ3) is 5.47. The molecule has 6 nitrogen and oxygen atoms in total. The first kappa shape index (κ1) is 38.7. The largest absolute Gasteiger partial charge is 0.456 e. The zero-order chi connectivity index (χ0) is 45.9. The summed E-state index contributed by atoms with van der Waals surface area (Å²) in [7, 11) is 0. The lowest BCUT2D eigenvalue weighted by Gasteiger charge is -2.32. The van der Waals surface area contributed by atoms with Gasteiger partial charge in [-0.25, -0.2) is 4.98 Å². The molecule has 6 heteroatoms. The van der Waals surface area contributed by atoms with E-state index in [0.29, 0.717) is 17.6 Å². The van der Waals surface area contributed by atoms with E-state index in [1.54, 1.807) is 0 Å². The van der Waals surface area contributed by atoms with Crippen molar-refractivity contribution < 1.29 is 8.83 Å². The van der Waals surface area contributed by atoms with Crippen molar-refractivity contribution in [2.45, 2.75) is 5.41 Å². The van der Waals surface area contributed by atoms with Crippen LogP contribution in [-0.2, 0) is 5.41 Å². The maximum atomic E-state index is 7.00. The molecule has 0 fully saturated rings. The smallest absolute Gasteiger partial charge is 0.238 e. The summed E-state index contributed by atoms with van der Waals surface area (Å²) in [5.74, 6) is 1.66. The third-order valence-electron chi connectivity index (χ3n) is 14.5. The SMILES string of the molecule is c1ccc(-c2ccc3c4ccccc4n(-c4nc(-c5cccc(-c6cccc7oc8ccccc8c67)c5)nc(C5(c6cccc7c6oc6ccccc67)c6ccccc6-c6ccccc65)n4)c3c2)cc1. The minimum Gasteiger partial charge on any atom is -0.456 e. The number of furan rings is 2. The molecule has 0 saturated heterocycles. The minimum absolute atomic E-state index is 0.516. The standard InChI is InChI=1S/C64H38N4O2/c1-2-17-39(18-3-1)40-35-36-47-46-23-6-11-31-54(46)68(55(47)38-40)63-66-61(42-20-14-19-41(37-42)43-26-16-34-58-59(43)50-25-8-13-33-57(50)69-58)65-62(67-63)64(51-28-9-4-21-44(51)45-22-5-10-29-52(45)64)53-30-15-27-49-48-24-7-12-32-56(48)70-60(49)53/h1-38H. The molecule has 0 spiro atoms. The Labute approximate surface area is 401 Å². The normalized spacial score (nSPS) is 13.0. The molecule has 4 heterocycles. The fourth-order valence-corrected chi connectivity index (χ4v) is 11.5. The van der Waals surface area contributed by atoms with E-state index in [2.05, 4.69) is 205 Å². The number of nitrogens with zero attached hydrogens (tertiary/aromatic N) is 4. The molecule has 14 aromatic rings. The zero-order valence-corrected chi connectivity index (χ0v) is 37.5. The van der Waals surface area contributed by atoms with E-state index in [0.717, 1.165) is 121 Å². The lowest BCUT2D eigenvalue weighted by molar-refractivity contribution is 0.632. The van der Waals surface area contributed by atoms with Gasteiger partial charge in [0.15, 0.2) is 11.6 Å². The first-order valence-electron chi connectivity index (χ1n) is 23.7. The molecule has 70 heavy (non-hydrogen) atoms. The highest BCUT2D eigenvalue weighted by Gasteiger charge is 2.50. The summed E-state index contributed by atoms with van der Waals surface area (Å²) in [6, 6.07) is 81.2. The Morgan fingerprint density at radius 3 is 1.76 bits per heavy atom. The van der Waals surface area contributed by atoms with Crippen molar-refractivity contribution in [3.8, 4) is 50.7 Å². The van der Waals surface area contributed by atoms with Crippen molar-refractivity contribution >= 4 is 65.7 Å². The molecule has 0 unspecified atom stereocenters. The van der Waals surface area contributed by atoms with Crippen molar-refractivity contribution in [1.82, 2.24) is 19.5 Å². The van der Waals surface area contributed by atoms with E-state index in [1.165, 1.54) is 0 Å². The summed E-state index contributed by atoms with van der Waals surface area (Å²) in [6.45, 7) is 0. The lowest BCUT2D eigenvalue weighted by Crippen LogP contribution is -2.32. The highest BCUT2D eigenvalue weighted by atomic mass is 16.3. The maximum absolute atomic E-state index is 7.00. The van der Waals surface area contributed by atoms with Gasteiger partial charge in [0.1, 0.15) is 27.7 Å². The van der Waals surface area contributed by atoms with Gasteiger partial charge in [0.2, 0.25) is 5.95 Å².